The van der Waals surface area contributed by atoms with Crippen LogP contribution in [0.1, 0.15) is 48.0 Å². The molecule has 0 aromatic rings. The Hall–Kier alpha value is -1.26. The quantitative estimate of drug-likeness (QED) is 0.591. The largest absolute Gasteiger partial charge is 0.349 e. The minimum absolute atomic E-state index is 0.101. The topological polar surface area (TPSA) is 50.6 Å². The van der Waals surface area contributed by atoms with Gasteiger partial charge in [-0.15, -0.1) is 0 Å². The van der Waals surface area contributed by atoms with E-state index < -0.39 is 5.54 Å². The van der Waals surface area contributed by atoms with Crippen molar-refractivity contribution in [2.24, 2.45) is 0 Å². The normalized spacial score (nSPS) is 25.9. The number of carbonyl (C=O) groups is 1. The Morgan fingerprint density at radius 3 is 1.95 bits per heavy atom. The number of amides is 1. The van der Waals surface area contributed by atoms with E-state index in [0.29, 0.717) is 12.4 Å². The Morgan fingerprint density at radius 2 is 1.65 bits per heavy atom. The van der Waals surface area contributed by atoms with E-state index in [9.17, 15) is 4.79 Å². The number of hydrogen-bond acceptors (Lipinski definition) is 2. The predicted octanol–water partition coefficient (Wildman–Crippen LogP) is 1.98. The van der Waals surface area contributed by atoms with Gasteiger partial charge in [0.05, 0.1) is 0 Å². The number of hydrogen-bond donors (Lipinski definition) is 1. The van der Waals surface area contributed by atoms with E-state index in [1.54, 1.807) is 9.80 Å². The second-order valence-corrected chi connectivity index (χ2v) is 7.85. The summed E-state index contributed by atoms with van der Waals surface area (Å²) < 4.78 is 0. The van der Waals surface area contributed by atoms with Gasteiger partial charge in [0.15, 0.2) is 5.96 Å². The first kappa shape index (κ1) is 16.8. The summed E-state index contributed by atoms with van der Waals surface area (Å²) in [5.74, 6) is 0.455. The molecule has 1 heterocycles. The summed E-state index contributed by atoms with van der Waals surface area (Å²) in [4.78, 5) is 18.5. The second-order valence-electron chi connectivity index (χ2n) is 7.85. The van der Waals surface area contributed by atoms with Crippen LogP contribution in [0.5, 0.6) is 0 Å². The highest BCUT2D eigenvalue weighted by Crippen LogP contribution is 2.43. The van der Waals surface area contributed by atoms with E-state index in [-0.39, 0.29) is 17.0 Å². The third kappa shape index (κ3) is 2.50. The number of carbonyl (C=O) groups excluding carboxylic acids is 1. The van der Waals surface area contributed by atoms with Crippen molar-refractivity contribution in [3.05, 3.63) is 0 Å². The highest BCUT2D eigenvalue weighted by molar-refractivity contribution is 5.94. The van der Waals surface area contributed by atoms with Crippen LogP contribution in [0.15, 0.2) is 0 Å². The van der Waals surface area contributed by atoms with Crippen molar-refractivity contribution in [1.82, 2.24) is 14.7 Å². The van der Waals surface area contributed by atoms with Crippen LogP contribution in [0.25, 0.3) is 0 Å². The number of guanidine groups is 1. The van der Waals surface area contributed by atoms with E-state index in [1.165, 1.54) is 0 Å². The first-order valence-corrected chi connectivity index (χ1v) is 7.09. The maximum Gasteiger partial charge on any atom is 0.249 e. The van der Waals surface area contributed by atoms with Crippen LogP contribution in [0.4, 0.5) is 0 Å². The van der Waals surface area contributed by atoms with Gasteiger partial charge in [-0.2, -0.15) is 0 Å². The maximum atomic E-state index is 13.0. The Kier molecular flexibility index (Phi) is 3.89. The van der Waals surface area contributed by atoms with Gasteiger partial charge >= 0.3 is 0 Å². The molecule has 1 rings (SSSR count). The zero-order chi connectivity index (χ0) is 16.1. The first-order valence-electron chi connectivity index (χ1n) is 7.09. The van der Waals surface area contributed by atoms with Crippen molar-refractivity contribution in [2.45, 2.75) is 64.6 Å². The number of rotatable bonds is 1. The minimum atomic E-state index is -0.669. The van der Waals surface area contributed by atoms with Crippen LogP contribution < -0.4 is 0 Å². The van der Waals surface area contributed by atoms with E-state index in [1.807, 2.05) is 33.0 Å². The monoisotopic (exact) mass is 282 g/mol. The zero-order valence-electron chi connectivity index (χ0n) is 14.5. The third-order valence-electron chi connectivity index (χ3n) is 4.20. The Morgan fingerprint density at radius 1 is 1.20 bits per heavy atom. The van der Waals surface area contributed by atoms with Gasteiger partial charge in [0.1, 0.15) is 5.54 Å². The molecule has 1 aliphatic rings. The van der Waals surface area contributed by atoms with E-state index >= 15 is 0 Å². The zero-order valence-corrected chi connectivity index (χ0v) is 14.5. The molecule has 0 bridgehead atoms. The van der Waals surface area contributed by atoms with Crippen molar-refractivity contribution in [3.8, 4) is 0 Å². The van der Waals surface area contributed by atoms with Crippen LogP contribution in [-0.4, -0.2) is 64.3 Å². The Labute approximate surface area is 123 Å². The van der Waals surface area contributed by atoms with Crippen molar-refractivity contribution < 1.29 is 4.79 Å². The lowest BCUT2D eigenvalue weighted by Crippen LogP contribution is -2.58. The molecule has 20 heavy (non-hydrogen) atoms. The smallest absolute Gasteiger partial charge is 0.249 e. The van der Waals surface area contributed by atoms with Gasteiger partial charge in [0.2, 0.25) is 5.91 Å². The molecule has 1 amide bonds. The van der Waals surface area contributed by atoms with Gasteiger partial charge in [0, 0.05) is 38.6 Å². The summed E-state index contributed by atoms with van der Waals surface area (Å²) in [6, 6.07) is 0. The van der Waals surface area contributed by atoms with Crippen LogP contribution in [0, 0.1) is 5.41 Å². The van der Waals surface area contributed by atoms with Gasteiger partial charge in [-0.05, 0) is 41.5 Å². The van der Waals surface area contributed by atoms with Gasteiger partial charge in [0.25, 0.3) is 0 Å². The molecular formula is C15H30N4O. The fourth-order valence-corrected chi connectivity index (χ4v) is 3.52. The fourth-order valence-electron chi connectivity index (χ4n) is 3.52. The molecule has 1 N–H and O–H groups in total. The van der Waals surface area contributed by atoms with Crippen molar-refractivity contribution >= 4 is 11.9 Å². The summed E-state index contributed by atoms with van der Waals surface area (Å²) in [6.07, 6.45) is 0.711. The van der Waals surface area contributed by atoms with Crippen molar-refractivity contribution in [2.75, 3.05) is 21.1 Å². The number of nitrogens with one attached hydrogen (secondary N) is 1. The lowest BCUT2D eigenvalue weighted by molar-refractivity contribution is -0.142. The molecular weight excluding hydrogens is 252 g/mol. The molecule has 1 unspecified atom stereocenters. The summed E-state index contributed by atoms with van der Waals surface area (Å²) in [5.41, 5.74) is -1.11. The van der Waals surface area contributed by atoms with Gasteiger partial charge in [-0.25, -0.2) is 0 Å². The number of nitrogens with zero attached hydrogens (tertiary/aromatic N) is 3. The van der Waals surface area contributed by atoms with Crippen LogP contribution in [0.2, 0.25) is 0 Å². The molecule has 0 aliphatic carbocycles. The van der Waals surface area contributed by atoms with Crippen molar-refractivity contribution in [1.29, 1.82) is 5.41 Å². The molecule has 1 atom stereocenters. The number of likely N-dealkylation sites (N-methyl/N-ethyl adjacent to an activating group) is 1. The molecule has 0 aromatic heterocycles. The van der Waals surface area contributed by atoms with Crippen molar-refractivity contribution in [3.63, 3.8) is 0 Å². The molecule has 0 aromatic carbocycles. The van der Waals surface area contributed by atoms with Crippen LogP contribution in [-0.2, 0) is 4.79 Å². The minimum Gasteiger partial charge on any atom is -0.349 e. The predicted molar refractivity (Wildman–Crippen MR) is 82.9 cm³/mol. The molecule has 0 spiro atoms. The van der Waals surface area contributed by atoms with E-state index in [0.717, 1.165) is 0 Å². The highest BCUT2D eigenvalue weighted by atomic mass is 16.2. The Balaban J connectivity index is 3.23. The van der Waals surface area contributed by atoms with Crippen LogP contribution >= 0.6 is 0 Å². The molecule has 1 fully saturated rings. The average Bonchev–Trinajstić information content (AvgIpc) is 2.42. The number of likely N-dealkylation sites (tertiary alicyclic amines) is 1. The van der Waals surface area contributed by atoms with Gasteiger partial charge < -0.3 is 14.7 Å². The summed E-state index contributed by atoms with van der Waals surface area (Å²) in [6.45, 7) is 12.4. The summed E-state index contributed by atoms with van der Waals surface area (Å²) >= 11 is 0. The molecule has 116 valence electrons. The second kappa shape index (κ2) is 4.64. The van der Waals surface area contributed by atoms with Gasteiger partial charge in [-0.1, -0.05) is 0 Å². The van der Waals surface area contributed by atoms with E-state index in [2.05, 4.69) is 34.6 Å². The highest BCUT2D eigenvalue weighted by Gasteiger charge is 2.58. The summed E-state index contributed by atoms with van der Waals surface area (Å²) in [5, 5.41) is 8.16. The molecule has 0 saturated carbocycles. The van der Waals surface area contributed by atoms with Gasteiger partial charge in [-0.3, -0.25) is 10.2 Å². The Bertz CT molecular complexity index is 422. The molecule has 5 nitrogen and oxygen atoms in total. The maximum absolute atomic E-state index is 13.0. The lowest BCUT2D eigenvalue weighted by Gasteiger charge is -2.42. The van der Waals surface area contributed by atoms with E-state index in [4.69, 9.17) is 5.41 Å². The molecule has 1 saturated heterocycles. The summed E-state index contributed by atoms with van der Waals surface area (Å²) in [7, 11) is 5.49. The average molecular weight is 282 g/mol. The molecule has 5 heteroatoms. The standard InChI is InChI=1S/C15H30N4O/c1-13(2,3)19-11(20)15(6,10-14(19,4)5)18(9)12(16)17(7)8/h16H,10H2,1-9H3. The first-order chi connectivity index (χ1) is 8.75. The third-order valence-corrected chi connectivity index (χ3v) is 4.20. The SMILES string of the molecule is CN(C)C(=N)N(C)C1(C)CC(C)(C)N(C(C)(C)C)C1=O. The fraction of sp³-hybridized carbons (Fsp3) is 0.867. The van der Waals surface area contributed by atoms with Crippen LogP contribution in [0.3, 0.4) is 0 Å². The lowest BCUT2D eigenvalue weighted by atomic mass is 9.89. The molecule has 1 aliphatic heterocycles. The molecule has 0 radical (unpaired) electrons.